The van der Waals surface area contributed by atoms with Gasteiger partial charge in [0.05, 0.1) is 0 Å². The lowest BCUT2D eigenvalue weighted by Gasteiger charge is -2.60. The van der Waals surface area contributed by atoms with Gasteiger partial charge in [-0.15, -0.1) is 10.2 Å². The van der Waals surface area contributed by atoms with Gasteiger partial charge in [-0.1, -0.05) is 37.3 Å². The Kier molecular flexibility index (Phi) is 3.74. The zero-order chi connectivity index (χ0) is 17.7. The number of fused-ring (bicyclic) bond motifs is 3. The van der Waals surface area contributed by atoms with Gasteiger partial charge in [0.2, 0.25) is 5.13 Å². The molecule has 3 aliphatic carbocycles. The molecule has 26 heavy (non-hydrogen) atoms. The smallest absolute Gasteiger partial charge is 0.206 e. The van der Waals surface area contributed by atoms with Crippen molar-refractivity contribution >= 4 is 27.2 Å². The van der Waals surface area contributed by atoms with Crippen LogP contribution in [0.2, 0.25) is 0 Å². The maximum atomic E-state index is 4.40. The Hall–Kier alpha value is -2.01. The molecule has 0 radical (unpaired) electrons. The Morgan fingerprint density at radius 3 is 2.92 bits per heavy atom. The molecular weight excluding hydrogens is 340 g/mol. The quantitative estimate of drug-likeness (QED) is 0.688. The summed E-state index contributed by atoms with van der Waals surface area (Å²) in [5.41, 5.74) is 1.66. The number of benzene rings is 1. The van der Waals surface area contributed by atoms with E-state index >= 15 is 0 Å². The monoisotopic (exact) mass is 364 g/mol. The molecule has 0 saturated heterocycles. The Morgan fingerprint density at radius 2 is 2.08 bits per heavy atom. The summed E-state index contributed by atoms with van der Waals surface area (Å²) in [6.07, 6.45) is 7.89. The van der Waals surface area contributed by atoms with Gasteiger partial charge in [0.1, 0.15) is 5.01 Å². The van der Waals surface area contributed by atoms with Crippen LogP contribution in [0.4, 0.5) is 5.13 Å². The van der Waals surface area contributed by atoms with Crippen molar-refractivity contribution in [1.29, 1.82) is 0 Å². The lowest BCUT2D eigenvalue weighted by Crippen LogP contribution is -2.53. The lowest BCUT2D eigenvalue weighted by molar-refractivity contribution is -0.100. The normalized spacial score (nSPS) is 26.5. The van der Waals surface area contributed by atoms with E-state index in [1.54, 1.807) is 11.3 Å². The second kappa shape index (κ2) is 6.02. The van der Waals surface area contributed by atoms with E-state index in [1.165, 1.54) is 24.6 Å². The number of hydrogen-bond donors (Lipinski definition) is 1. The SMILES string of the molecule is CC1(C)C2CC[C@H](CNc3nnc(-c4ccc5cnccc5c4)s3)C1C2. The van der Waals surface area contributed by atoms with Crippen LogP contribution in [-0.2, 0) is 0 Å². The first-order valence-corrected chi connectivity index (χ1v) is 10.3. The first kappa shape index (κ1) is 16.2. The van der Waals surface area contributed by atoms with E-state index in [0.717, 1.165) is 45.4 Å². The Morgan fingerprint density at radius 1 is 1.15 bits per heavy atom. The van der Waals surface area contributed by atoms with Crippen molar-refractivity contribution in [3.05, 3.63) is 36.7 Å². The average Bonchev–Trinajstić information content (AvgIpc) is 3.15. The van der Waals surface area contributed by atoms with Crippen molar-refractivity contribution in [2.75, 3.05) is 11.9 Å². The highest BCUT2D eigenvalue weighted by Gasteiger charge is 2.53. The van der Waals surface area contributed by atoms with E-state index in [9.17, 15) is 0 Å². The summed E-state index contributed by atoms with van der Waals surface area (Å²) in [6, 6.07) is 8.41. The molecule has 3 atom stereocenters. The molecule has 1 N–H and O–H groups in total. The fourth-order valence-electron chi connectivity index (χ4n) is 5.05. The summed E-state index contributed by atoms with van der Waals surface area (Å²) in [7, 11) is 0. The summed E-state index contributed by atoms with van der Waals surface area (Å²) >= 11 is 1.65. The third kappa shape index (κ3) is 2.60. The zero-order valence-corrected chi connectivity index (χ0v) is 16.1. The molecule has 2 unspecified atom stereocenters. The summed E-state index contributed by atoms with van der Waals surface area (Å²) in [4.78, 5) is 4.17. The molecule has 2 aromatic heterocycles. The highest BCUT2D eigenvalue weighted by atomic mass is 32.1. The number of nitrogens with zero attached hydrogens (tertiary/aromatic N) is 3. The largest absolute Gasteiger partial charge is 0.360 e. The van der Waals surface area contributed by atoms with Crippen LogP contribution in [0.3, 0.4) is 0 Å². The maximum Gasteiger partial charge on any atom is 0.206 e. The zero-order valence-electron chi connectivity index (χ0n) is 15.3. The number of nitrogens with one attached hydrogen (secondary N) is 1. The van der Waals surface area contributed by atoms with Gasteiger partial charge in [0.15, 0.2) is 0 Å². The molecule has 4 nitrogen and oxygen atoms in total. The number of anilines is 1. The molecule has 2 heterocycles. The molecule has 0 amide bonds. The minimum atomic E-state index is 0.539. The van der Waals surface area contributed by atoms with Crippen LogP contribution in [0.15, 0.2) is 36.7 Å². The standard InChI is InChI=1S/C21H24N4S/c1-21(2)17-6-5-16(18(21)10-17)12-23-20-25-24-19(26-20)14-3-4-15-11-22-8-7-13(15)9-14/h3-4,7-9,11,16-18H,5-6,10,12H2,1-2H3,(H,23,25)/t16-,17?,18?/m1/s1. The molecule has 6 rings (SSSR count). The topological polar surface area (TPSA) is 50.7 Å². The van der Waals surface area contributed by atoms with E-state index in [0.29, 0.717) is 5.41 Å². The molecule has 3 fully saturated rings. The first-order valence-electron chi connectivity index (χ1n) is 9.53. The molecule has 2 bridgehead atoms. The van der Waals surface area contributed by atoms with Crippen molar-refractivity contribution < 1.29 is 0 Å². The number of hydrogen-bond acceptors (Lipinski definition) is 5. The van der Waals surface area contributed by atoms with Crippen LogP contribution in [0.25, 0.3) is 21.3 Å². The van der Waals surface area contributed by atoms with Crippen molar-refractivity contribution in [3.8, 4) is 10.6 Å². The second-order valence-electron chi connectivity index (χ2n) is 8.43. The highest BCUT2D eigenvalue weighted by Crippen LogP contribution is 2.61. The molecule has 3 aliphatic rings. The summed E-state index contributed by atoms with van der Waals surface area (Å²) in [6.45, 7) is 5.94. The van der Waals surface area contributed by atoms with Crippen molar-refractivity contribution in [2.45, 2.75) is 33.1 Å². The van der Waals surface area contributed by atoms with Crippen LogP contribution < -0.4 is 5.32 Å². The van der Waals surface area contributed by atoms with Gasteiger partial charge in [-0.3, -0.25) is 4.98 Å². The summed E-state index contributed by atoms with van der Waals surface area (Å²) in [5.74, 6) is 2.60. The van der Waals surface area contributed by atoms with Crippen LogP contribution in [0.5, 0.6) is 0 Å². The molecule has 0 spiro atoms. The van der Waals surface area contributed by atoms with E-state index in [2.05, 4.69) is 52.5 Å². The van der Waals surface area contributed by atoms with E-state index in [4.69, 9.17) is 0 Å². The van der Waals surface area contributed by atoms with Crippen LogP contribution in [0.1, 0.15) is 33.1 Å². The van der Waals surface area contributed by atoms with Crippen molar-refractivity contribution in [2.24, 2.45) is 23.2 Å². The fraction of sp³-hybridized carbons (Fsp3) is 0.476. The van der Waals surface area contributed by atoms with E-state index < -0.39 is 0 Å². The summed E-state index contributed by atoms with van der Waals surface area (Å²) < 4.78 is 0. The third-order valence-corrected chi connectivity index (χ3v) is 7.76. The van der Waals surface area contributed by atoms with Gasteiger partial charge in [0, 0.05) is 29.9 Å². The van der Waals surface area contributed by atoms with Gasteiger partial charge in [-0.05, 0) is 60.0 Å². The van der Waals surface area contributed by atoms with Gasteiger partial charge < -0.3 is 5.32 Å². The predicted octanol–water partition coefficient (Wildman–Crippen LogP) is 5.24. The first-order chi connectivity index (χ1) is 12.6. The Balaban J connectivity index is 1.29. The van der Waals surface area contributed by atoms with E-state index in [1.807, 2.05) is 18.5 Å². The molecule has 5 heteroatoms. The highest BCUT2D eigenvalue weighted by molar-refractivity contribution is 7.18. The molecule has 1 aromatic carbocycles. The maximum absolute atomic E-state index is 4.40. The van der Waals surface area contributed by atoms with Crippen molar-refractivity contribution in [1.82, 2.24) is 15.2 Å². The molecular formula is C21H24N4S. The Labute approximate surface area is 158 Å². The fourth-order valence-corrected chi connectivity index (χ4v) is 5.80. The minimum absolute atomic E-state index is 0.539. The average molecular weight is 365 g/mol. The second-order valence-corrected chi connectivity index (χ2v) is 9.41. The third-order valence-electron chi connectivity index (χ3n) is 6.83. The van der Waals surface area contributed by atoms with Gasteiger partial charge >= 0.3 is 0 Å². The number of rotatable bonds is 4. The molecule has 3 saturated carbocycles. The van der Waals surface area contributed by atoms with Gasteiger partial charge in [-0.25, -0.2) is 0 Å². The molecule has 134 valence electrons. The van der Waals surface area contributed by atoms with Crippen molar-refractivity contribution in [3.63, 3.8) is 0 Å². The van der Waals surface area contributed by atoms with E-state index in [-0.39, 0.29) is 0 Å². The van der Waals surface area contributed by atoms with Crippen LogP contribution >= 0.6 is 11.3 Å². The van der Waals surface area contributed by atoms with Gasteiger partial charge in [0.25, 0.3) is 0 Å². The minimum Gasteiger partial charge on any atom is -0.360 e. The van der Waals surface area contributed by atoms with Crippen LogP contribution in [0, 0.1) is 23.2 Å². The molecule has 0 aliphatic heterocycles. The molecule has 3 aromatic rings. The number of pyridine rings is 1. The van der Waals surface area contributed by atoms with Crippen LogP contribution in [-0.4, -0.2) is 21.7 Å². The summed E-state index contributed by atoms with van der Waals surface area (Å²) in [5, 5.41) is 16.6. The predicted molar refractivity (Wildman–Crippen MR) is 107 cm³/mol. The van der Waals surface area contributed by atoms with Gasteiger partial charge in [-0.2, -0.15) is 0 Å². The lowest BCUT2D eigenvalue weighted by atomic mass is 9.45. The Bertz CT molecular complexity index is 946. The number of aromatic nitrogens is 3.